The summed E-state index contributed by atoms with van der Waals surface area (Å²) in [6.07, 6.45) is 0.626. The van der Waals surface area contributed by atoms with Gasteiger partial charge in [-0.1, -0.05) is 36.0 Å². The molecule has 0 bridgehead atoms. The molecule has 1 aliphatic rings. The van der Waals surface area contributed by atoms with Crippen molar-refractivity contribution < 1.29 is 13.2 Å². The number of sulfonamides is 1. The van der Waals surface area contributed by atoms with E-state index in [1.54, 1.807) is 17.0 Å². The number of nitrogens with zero attached hydrogens (tertiary/aromatic N) is 4. The van der Waals surface area contributed by atoms with Crippen molar-refractivity contribution in [1.82, 2.24) is 19.5 Å². The minimum absolute atomic E-state index is 0.0407. The predicted octanol–water partition coefficient (Wildman–Crippen LogP) is 2.86. The Morgan fingerprint density at radius 2 is 1.97 bits per heavy atom. The normalized spacial score (nSPS) is 13.4. The number of carbonyl (C=O) groups excluding carboxylic acids is 1. The fourth-order valence-electron chi connectivity index (χ4n) is 3.83. The Morgan fingerprint density at radius 1 is 1.19 bits per heavy atom. The van der Waals surface area contributed by atoms with Crippen molar-refractivity contribution in [3.8, 4) is 11.4 Å². The molecule has 32 heavy (non-hydrogen) atoms. The number of amides is 1. The van der Waals surface area contributed by atoms with Crippen LogP contribution in [0.2, 0.25) is 0 Å². The first-order chi connectivity index (χ1) is 15.4. The third-order valence-electron chi connectivity index (χ3n) is 5.57. The monoisotopic (exact) mass is 471 g/mol. The van der Waals surface area contributed by atoms with E-state index < -0.39 is 10.0 Å². The van der Waals surface area contributed by atoms with E-state index in [2.05, 4.69) is 14.9 Å². The van der Waals surface area contributed by atoms with E-state index in [9.17, 15) is 13.2 Å². The molecule has 3 aromatic rings. The zero-order valence-corrected chi connectivity index (χ0v) is 19.8. The lowest BCUT2D eigenvalue weighted by molar-refractivity contribution is -0.116. The number of thioether (sulfide) groups is 1. The highest BCUT2D eigenvalue weighted by atomic mass is 32.2. The zero-order valence-electron chi connectivity index (χ0n) is 18.2. The number of nitrogens with one attached hydrogen (secondary N) is 1. The highest BCUT2D eigenvalue weighted by Crippen LogP contribution is 2.32. The van der Waals surface area contributed by atoms with E-state index >= 15 is 0 Å². The van der Waals surface area contributed by atoms with Crippen LogP contribution in [-0.2, 0) is 27.8 Å². The largest absolute Gasteiger partial charge is 0.311 e. The lowest BCUT2D eigenvalue weighted by atomic mass is 10.1. The van der Waals surface area contributed by atoms with E-state index in [-0.39, 0.29) is 16.6 Å². The molecule has 0 radical (unpaired) electrons. The fraction of sp³-hybridized carbons (Fsp3) is 0.318. The van der Waals surface area contributed by atoms with Crippen LogP contribution in [0.4, 0.5) is 5.69 Å². The molecule has 1 aliphatic heterocycles. The van der Waals surface area contributed by atoms with E-state index in [0.717, 1.165) is 28.2 Å². The Kier molecular flexibility index (Phi) is 6.36. The van der Waals surface area contributed by atoms with E-state index in [0.29, 0.717) is 24.7 Å². The van der Waals surface area contributed by atoms with Gasteiger partial charge in [0.25, 0.3) is 0 Å². The van der Waals surface area contributed by atoms with Gasteiger partial charge in [-0.25, -0.2) is 13.1 Å². The summed E-state index contributed by atoms with van der Waals surface area (Å²) in [4.78, 5) is 14.9. The summed E-state index contributed by atoms with van der Waals surface area (Å²) in [5.74, 6) is 0.980. The van der Waals surface area contributed by atoms with Gasteiger partial charge in [0.1, 0.15) is 0 Å². The summed E-state index contributed by atoms with van der Waals surface area (Å²) in [6.45, 7) is 5.30. The molecule has 1 N–H and O–H groups in total. The predicted molar refractivity (Wildman–Crippen MR) is 125 cm³/mol. The zero-order chi connectivity index (χ0) is 22.9. The Morgan fingerprint density at radius 3 is 2.69 bits per heavy atom. The first-order valence-corrected chi connectivity index (χ1v) is 12.8. The van der Waals surface area contributed by atoms with Crippen LogP contribution in [0.5, 0.6) is 0 Å². The SMILES string of the molecule is CCn1c(SCC(=O)N2CCc3cc(S(=O)(=O)NC)ccc32)nnc1-c1ccccc1C. The minimum atomic E-state index is -3.51. The van der Waals surface area contributed by atoms with Gasteiger partial charge in [0.05, 0.1) is 10.6 Å². The fourth-order valence-corrected chi connectivity index (χ4v) is 5.49. The molecule has 10 heteroatoms. The van der Waals surface area contributed by atoms with Crippen LogP contribution in [0.1, 0.15) is 18.1 Å². The van der Waals surface area contributed by atoms with E-state index in [1.807, 2.05) is 42.7 Å². The van der Waals surface area contributed by atoms with Crippen molar-refractivity contribution in [1.29, 1.82) is 0 Å². The molecule has 0 spiro atoms. The molecule has 2 aromatic carbocycles. The molecule has 4 rings (SSSR count). The maximum atomic E-state index is 13.0. The summed E-state index contributed by atoms with van der Waals surface area (Å²) < 4.78 is 28.4. The van der Waals surface area contributed by atoms with Gasteiger partial charge in [-0.2, -0.15) is 0 Å². The van der Waals surface area contributed by atoms with Crippen molar-refractivity contribution in [3.63, 3.8) is 0 Å². The Labute approximate surface area is 192 Å². The van der Waals surface area contributed by atoms with Crippen molar-refractivity contribution in [3.05, 3.63) is 53.6 Å². The van der Waals surface area contributed by atoms with Crippen molar-refractivity contribution in [2.24, 2.45) is 0 Å². The van der Waals surface area contributed by atoms with Gasteiger partial charge >= 0.3 is 0 Å². The van der Waals surface area contributed by atoms with E-state index in [1.165, 1.54) is 24.9 Å². The number of carbonyl (C=O) groups is 1. The first-order valence-electron chi connectivity index (χ1n) is 10.3. The number of aryl methyl sites for hydroxylation is 1. The van der Waals surface area contributed by atoms with Gasteiger partial charge in [-0.15, -0.1) is 10.2 Å². The standard InChI is InChI=1S/C22H25N5O3S2/c1-4-26-21(18-8-6-5-7-15(18)2)24-25-22(26)31-14-20(28)27-12-11-16-13-17(9-10-19(16)27)32(29,30)23-3/h5-10,13,23H,4,11-12,14H2,1-3H3. The maximum absolute atomic E-state index is 13.0. The number of fused-ring (bicyclic) bond motifs is 1. The minimum Gasteiger partial charge on any atom is -0.311 e. The van der Waals surface area contributed by atoms with Gasteiger partial charge in [0.2, 0.25) is 15.9 Å². The molecule has 1 aromatic heterocycles. The molecule has 0 saturated heterocycles. The molecule has 0 fully saturated rings. The average molecular weight is 472 g/mol. The number of hydrogen-bond acceptors (Lipinski definition) is 6. The molecule has 2 heterocycles. The lowest BCUT2D eigenvalue weighted by Crippen LogP contribution is -2.30. The van der Waals surface area contributed by atoms with Crippen LogP contribution in [0.3, 0.4) is 0 Å². The summed E-state index contributed by atoms with van der Waals surface area (Å²) in [6, 6.07) is 12.9. The number of hydrogen-bond donors (Lipinski definition) is 1. The van der Waals surface area contributed by atoms with Crippen molar-refractivity contribution in [2.45, 2.75) is 36.9 Å². The molecule has 8 nitrogen and oxygen atoms in total. The summed E-state index contributed by atoms with van der Waals surface area (Å²) in [7, 11) is -2.13. The Bertz CT molecular complexity index is 1270. The second kappa shape index (κ2) is 9.05. The maximum Gasteiger partial charge on any atom is 0.240 e. The van der Waals surface area contributed by atoms with Gasteiger partial charge in [0, 0.05) is 24.3 Å². The molecule has 0 saturated carbocycles. The van der Waals surface area contributed by atoms with Gasteiger partial charge < -0.3 is 9.47 Å². The van der Waals surface area contributed by atoms with Crippen molar-refractivity contribution >= 4 is 33.4 Å². The molecule has 0 unspecified atom stereocenters. The first kappa shape index (κ1) is 22.5. The molecule has 0 aliphatic carbocycles. The summed E-state index contributed by atoms with van der Waals surface area (Å²) >= 11 is 1.37. The van der Waals surface area contributed by atoms with Crippen LogP contribution in [0.15, 0.2) is 52.5 Å². The second-order valence-corrected chi connectivity index (χ2v) is 10.3. The van der Waals surface area contributed by atoms with Crippen LogP contribution in [0.25, 0.3) is 11.4 Å². The second-order valence-electron chi connectivity index (χ2n) is 7.45. The van der Waals surface area contributed by atoms with Gasteiger partial charge in [-0.05, 0) is 56.6 Å². The van der Waals surface area contributed by atoms with Crippen LogP contribution in [-0.4, -0.2) is 48.4 Å². The van der Waals surface area contributed by atoms with Gasteiger partial charge in [-0.3, -0.25) is 4.79 Å². The number of aromatic nitrogens is 3. The highest BCUT2D eigenvalue weighted by Gasteiger charge is 2.27. The van der Waals surface area contributed by atoms with Crippen molar-refractivity contribution in [2.75, 3.05) is 24.2 Å². The number of anilines is 1. The topological polar surface area (TPSA) is 97.2 Å². The molecule has 168 valence electrons. The third kappa shape index (κ3) is 4.17. The molecule has 1 amide bonds. The van der Waals surface area contributed by atoms with Gasteiger partial charge in [0.15, 0.2) is 11.0 Å². The molecule has 0 atom stereocenters. The van der Waals surface area contributed by atoms with Crippen LogP contribution in [0, 0.1) is 6.92 Å². The molecular formula is C22H25N5O3S2. The highest BCUT2D eigenvalue weighted by molar-refractivity contribution is 7.99. The number of rotatable bonds is 7. The lowest BCUT2D eigenvalue weighted by Gasteiger charge is -2.17. The summed E-state index contributed by atoms with van der Waals surface area (Å²) in [5, 5.41) is 9.40. The Hall–Kier alpha value is -2.69. The Balaban J connectivity index is 1.50. The quantitative estimate of drug-likeness (QED) is 0.532. The van der Waals surface area contributed by atoms with Crippen LogP contribution < -0.4 is 9.62 Å². The van der Waals surface area contributed by atoms with Crippen LogP contribution >= 0.6 is 11.8 Å². The van der Waals surface area contributed by atoms with E-state index in [4.69, 9.17) is 0 Å². The average Bonchev–Trinajstić information content (AvgIpc) is 3.41. The molecular weight excluding hydrogens is 446 g/mol. The third-order valence-corrected chi connectivity index (χ3v) is 7.93. The summed E-state index contributed by atoms with van der Waals surface area (Å²) in [5.41, 5.74) is 3.78. The number of benzene rings is 2. The smallest absolute Gasteiger partial charge is 0.240 e.